The number of likely N-dealkylation sites (N-methyl/N-ethyl adjacent to an activating group) is 1. The van der Waals surface area contributed by atoms with Crippen molar-refractivity contribution in [1.29, 1.82) is 0 Å². The summed E-state index contributed by atoms with van der Waals surface area (Å²) in [6.07, 6.45) is 1.59. The molecule has 8 heteroatoms. The SMILES string of the molecule is Cc1ccnc(NC(=O)CN(C)C(=O)CNC(=O)c2cccc(Br)c2)c1. The van der Waals surface area contributed by atoms with Crippen molar-refractivity contribution in [2.24, 2.45) is 0 Å². The summed E-state index contributed by atoms with van der Waals surface area (Å²) >= 11 is 3.29. The van der Waals surface area contributed by atoms with Crippen LogP contribution in [0, 0.1) is 6.92 Å². The average molecular weight is 419 g/mol. The van der Waals surface area contributed by atoms with Crippen molar-refractivity contribution in [1.82, 2.24) is 15.2 Å². The molecule has 3 amide bonds. The predicted molar refractivity (Wildman–Crippen MR) is 102 cm³/mol. The first kappa shape index (κ1) is 19.6. The van der Waals surface area contributed by atoms with Crippen molar-refractivity contribution in [2.45, 2.75) is 6.92 Å². The predicted octanol–water partition coefficient (Wildman–Crippen LogP) is 1.98. The van der Waals surface area contributed by atoms with Gasteiger partial charge in [0, 0.05) is 23.3 Å². The van der Waals surface area contributed by atoms with Crippen molar-refractivity contribution in [3.63, 3.8) is 0 Å². The molecule has 1 aromatic carbocycles. The van der Waals surface area contributed by atoms with Crippen molar-refractivity contribution < 1.29 is 14.4 Å². The zero-order valence-electron chi connectivity index (χ0n) is 14.5. The lowest BCUT2D eigenvalue weighted by Crippen LogP contribution is -2.41. The van der Waals surface area contributed by atoms with Gasteiger partial charge < -0.3 is 15.5 Å². The Labute approximate surface area is 159 Å². The summed E-state index contributed by atoms with van der Waals surface area (Å²) in [4.78, 5) is 41.4. The molecule has 0 radical (unpaired) electrons. The smallest absolute Gasteiger partial charge is 0.251 e. The van der Waals surface area contributed by atoms with Crippen LogP contribution in [-0.2, 0) is 9.59 Å². The number of hydrogen-bond donors (Lipinski definition) is 2. The lowest BCUT2D eigenvalue weighted by atomic mass is 10.2. The van der Waals surface area contributed by atoms with Gasteiger partial charge in [0.05, 0.1) is 13.1 Å². The first-order valence-corrected chi connectivity index (χ1v) is 8.64. The van der Waals surface area contributed by atoms with Crippen molar-refractivity contribution in [2.75, 3.05) is 25.5 Å². The number of pyridine rings is 1. The molecule has 0 aliphatic rings. The molecule has 2 rings (SSSR count). The van der Waals surface area contributed by atoms with Crippen LogP contribution in [0.25, 0.3) is 0 Å². The molecule has 2 N–H and O–H groups in total. The zero-order valence-corrected chi connectivity index (χ0v) is 16.0. The summed E-state index contributed by atoms with van der Waals surface area (Å²) in [5.41, 5.74) is 1.41. The maximum Gasteiger partial charge on any atom is 0.251 e. The first-order chi connectivity index (χ1) is 12.3. The van der Waals surface area contributed by atoms with E-state index in [2.05, 4.69) is 31.5 Å². The topological polar surface area (TPSA) is 91.4 Å². The maximum absolute atomic E-state index is 12.1. The molecule has 1 heterocycles. The number of amides is 3. The van der Waals surface area contributed by atoms with E-state index in [1.54, 1.807) is 36.5 Å². The van der Waals surface area contributed by atoms with Crippen molar-refractivity contribution in [3.8, 4) is 0 Å². The summed E-state index contributed by atoms with van der Waals surface area (Å²) in [6, 6.07) is 10.4. The molecule has 26 heavy (non-hydrogen) atoms. The Morgan fingerprint density at radius 3 is 2.65 bits per heavy atom. The van der Waals surface area contributed by atoms with E-state index in [-0.39, 0.29) is 30.8 Å². The summed E-state index contributed by atoms with van der Waals surface area (Å²) < 4.78 is 0.773. The van der Waals surface area contributed by atoms with Crippen molar-refractivity contribution >= 4 is 39.5 Å². The van der Waals surface area contributed by atoms with Gasteiger partial charge in [0.2, 0.25) is 11.8 Å². The maximum atomic E-state index is 12.1. The number of halogens is 1. The van der Waals surface area contributed by atoms with E-state index >= 15 is 0 Å². The molecule has 0 spiro atoms. The lowest BCUT2D eigenvalue weighted by molar-refractivity contribution is -0.132. The fourth-order valence-electron chi connectivity index (χ4n) is 2.11. The lowest BCUT2D eigenvalue weighted by Gasteiger charge is -2.17. The number of carbonyl (C=O) groups is 3. The largest absolute Gasteiger partial charge is 0.343 e. The van der Waals surface area contributed by atoms with Crippen LogP contribution in [0.2, 0.25) is 0 Å². The zero-order chi connectivity index (χ0) is 19.1. The number of nitrogens with one attached hydrogen (secondary N) is 2. The van der Waals surface area contributed by atoms with Crippen molar-refractivity contribution in [3.05, 3.63) is 58.2 Å². The summed E-state index contributed by atoms with van der Waals surface area (Å²) in [5.74, 6) is -0.668. The second kappa shape index (κ2) is 9.10. The number of benzene rings is 1. The summed E-state index contributed by atoms with van der Waals surface area (Å²) in [6.45, 7) is 1.56. The molecule has 0 unspecified atom stereocenters. The summed E-state index contributed by atoms with van der Waals surface area (Å²) in [5, 5.41) is 5.17. The Morgan fingerprint density at radius 1 is 1.19 bits per heavy atom. The molecule has 2 aromatic rings. The van der Waals surface area contributed by atoms with E-state index < -0.39 is 0 Å². The molecule has 0 aliphatic heterocycles. The van der Waals surface area contributed by atoms with Gasteiger partial charge in [0.15, 0.2) is 0 Å². The highest BCUT2D eigenvalue weighted by Crippen LogP contribution is 2.11. The normalized spacial score (nSPS) is 10.1. The Hall–Kier alpha value is -2.74. The standard InChI is InChI=1S/C18H19BrN4O3/c1-12-6-7-20-15(8-12)22-16(24)11-23(2)17(25)10-21-18(26)13-4-3-5-14(19)9-13/h3-9H,10-11H2,1-2H3,(H,21,26)(H,20,22,24). The highest BCUT2D eigenvalue weighted by molar-refractivity contribution is 9.10. The third-order valence-corrected chi connectivity index (χ3v) is 3.97. The van der Waals surface area contributed by atoms with Crippen LogP contribution in [0.1, 0.15) is 15.9 Å². The van der Waals surface area contributed by atoms with Gasteiger partial charge in [0.25, 0.3) is 5.91 Å². The number of hydrogen-bond acceptors (Lipinski definition) is 4. The Morgan fingerprint density at radius 2 is 1.96 bits per heavy atom. The van der Waals surface area contributed by atoms with Crippen LogP contribution < -0.4 is 10.6 Å². The number of carbonyl (C=O) groups excluding carboxylic acids is 3. The Balaban J connectivity index is 1.81. The highest BCUT2D eigenvalue weighted by atomic mass is 79.9. The Kier molecular flexibility index (Phi) is 6.85. The number of anilines is 1. The molecule has 0 saturated heterocycles. The molecule has 0 saturated carbocycles. The van der Waals surface area contributed by atoms with Crippen LogP contribution in [-0.4, -0.2) is 47.7 Å². The van der Waals surface area contributed by atoms with E-state index in [0.29, 0.717) is 11.4 Å². The molecule has 0 aliphatic carbocycles. The molecular weight excluding hydrogens is 400 g/mol. The van der Waals surface area contributed by atoms with Crippen LogP contribution in [0.15, 0.2) is 47.1 Å². The van der Waals surface area contributed by atoms with Gasteiger partial charge in [-0.15, -0.1) is 0 Å². The minimum atomic E-state index is -0.374. The van der Waals surface area contributed by atoms with E-state index in [4.69, 9.17) is 0 Å². The Bertz CT molecular complexity index is 826. The van der Waals surface area contributed by atoms with E-state index in [9.17, 15) is 14.4 Å². The van der Waals surface area contributed by atoms with E-state index in [1.807, 2.05) is 13.0 Å². The average Bonchev–Trinajstić information content (AvgIpc) is 2.59. The van der Waals surface area contributed by atoms with Crippen LogP contribution >= 0.6 is 15.9 Å². The van der Waals surface area contributed by atoms with Gasteiger partial charge in [0.1, 0.15) is 5.82 Å². The molecule has 136 valence electrons. The second-order valence-electron chi connectivity index (χ2n) is 5.71. The third kappa shape index (κ3) is 5.96. The highest BCUT2D eigenvalue weighted by Gasteiger charge is 2.15. The van der Waals surface area contributed by atoms with Gasteiger partial charge in [-0.05, 0) is 42.8 Å². The van der Waals surface area contributed by atoms with Gasteiger partial charge in [-0.1, -0.05) is 22.0 Å². The minimum absolute atomic E-state index is 0.138. The van der Waals surface area contributed by atoms with Gasteiger partial charge in [-0.2, -0.15) is 0 Å². The number of rotatable bonds is 6. The molecule has 1 aromatic heterocycles. The molecule has 7 nitrogen and oxygen atoms in total. The summed E-state index contributed by atoms with van der Waals surface area (Å²) in [7, 11) is 1.50. The van der Waals surface area contributed by atoms with Gasteiger partial charge in [-0.25, -0.2) is 4.98 Å². The fourth-order valence-corrected chi connectivity index (χ4v) is 2.51. The number of nitrogens with zero attached hydrogens (tertiary/aromatic N) is 2. The van der Waals surface area contributed by atoms with E-state index in [1.165, 1.54) is 11.9 Å². The van der Waals surface area contributed by atoms with Crippen LogP contribution in [0.5, 0.6) is 0 Å². The molecule has 0 atom stereocenters. The fraction of sp³-hybridized carbons (Fsp3) is 0.222. The molecule has 0 bridgehead atoms. The second-order valence-corrected chi connectivity index (χ2v) is 6.63. The quantitative estimate of drug-likeness (QED) is 0.749. The van der Waals surface area contributed by atoms with Gasteiger partial charge in [-0.3, -0.25) is 14.4 Å². The molecule has 0 fully saturated rings. The number of aromatic nitrogens is 1. The van der Waals surface area contributed by atoms with E-state index in [0.717, 1.165) is 10.0 Å². The van der Waals surface area contributed by atoms with Crippen LogP contribution in [0.4, 0.5) is 5.82 Å². The number of aryl methyl sites for hydroxylation is 1. The third-order valence-electron chi connectivity index (χ3n) is 3.48. The monoisotopic (exact) mass is 418 g/mol. The van der Waals surface area contributed by atoms with Crippen LogP contribution in [0.3, 0.4) is 0 Å². The molecular formula is C18H19BrN4O3. The van der Waals surface area contributed by atoms with Gasteiger partial charge >= 0.3 is 0 Å². The minimum Gasteiger partial charge on any atom is -0.343 e. The first-order valence-electron chi connectivity index (χ1n) is 7.85.